The molecule has 0 aromatic heterocycles. The molecule has 4 heteroatoms. The van der Waals surface area contributed by atoms with E-state index in [4.69, 9.17) is 4.74 Å². The molecule has 92 valence electrons. The number of nitrogens with zero attached hydrogens (tertiary/aromatic N) is 1. The normalized spacial score (nSPS) is 19.8. The van der Waals surface area contributed by atoms with Gasteiger partial charge in [0.2, 0.25) is 0 Å². The van der Waals surface area contributed by atoms with E-state index in [9.17, 15) is 9.90 Å². The third-order valence-corrected chi connectivity index (χ3v) is 2.97. The average Bonchev–Trinajstić information content (AvgIpc) is 2.63. The molecule has 1 aliphatic rings. The Morgan fingerprint density at radius 1 is 1.41 bits per heavy atom. The molecule has 17 heavy (non-hydrogen) atoms. The van der Waals surface area contributed by atoms with Crippen molar-refractivity contribution in [2.75, 3.05) is 6.61 Å². The lowest BCUT2D eigenvalue weighted by atomic mass is 10.0. The second-order valence-electron chi connectivity index (χ2n) is 4.60. The zero-order chi connectivity index (χ0) is 12.4. The van der Waals surface area contributed by atoms with Crippen molar-refractivity contribution in [1.29, 1.82) is 0 Å². The van der Waals surface area contributed by atoms with Gasteiger partial charge in [0.15, 0.2) is 0 Å². The van der Waals surface area contributed by atoms with Gasteiger partial charge in [0.05, 0.1) is 6.04 Å². The summed E-state index contributed by atoms with van der Waals surface area (Å²) in [5.74, 6) is 0.258. The van der Waals surface area contributed by atoms with Crippen molar-refractivity contribution in [2.45, 2.75) is 32.4 Å². The number of benzene rings is 1. The number of carbonyl (C=O) groups is 1. The van der Waals surface area contributed by atoms with Crippen molar-refractivity contribution in [3.63, 3.8) is 0 Å². The van der Waals surface area contributed by atoms with E-state index >= 15 is 0 Å². The fraction of sp³-hybridized carbons (Fsp3) is 0.462. The largest absolute Gasteiger partial charge is 0.508 e. The van der Waals surface area contributed by atoms with Crippen LogP contribution in [-0.2, 0) is 11.2 Å². The molecule has 1 N–H and O–H groups in total. The molecule has 0 spiro atoms. The summed E-state index contributed by atoms with van der Waals surface area (Å²) in [4.78, 5) is 13.3. The Bertz CT molecular complexity index is 400. The number of amides is 1. The van der Waals surface area contributed by atoms with Gasteiger partial charge in [0.1, 0.15) is 12.4 Å². The molecular formula is C13H17NO3. The van der Waals surface area contributed by atoms with Gasteiger partial charge in [-0.3, -0.25) is 4.90 Å². The predicted octanol–water partition coefficient (Wildman–Crippen LogP) is 2.16. The molecule has 1 heterocycles. The van der Waals surface area contributed by atoms with E-state index in [1.165, 1.54) is 0 Å². The summed E-state index contributed by atoms with van der Waals surface area (Å²) in [6.07, 6.45) is 0.522. The summed E-state index contributed by atoms with van der Waals surface area (Å²) in [6.45, 7) is 4.41. The van der Waals surface area contributed by atoms with Crippen LogP contribution in [0.3, 0.4) is 0 Å². The summed E-state index contributed by atoms with van der Waals surface area (Å²) in [7, 11) is 0. The van der Waals surface area contributed by atoms with Gasteiger partial charge in [-0.1, -0.05) is 12.1 Å². The summed E-state index contributed by atoms with van der Waals surface area (Å²) >= 11 is 0. The maximum atomic E-state index is 11.5. The van der Waals surface area contributed by atoms with Crippen LogP contribution in [0, 0.1) is 0 Å². The fourth-order valence-electron chi connectivity index (χ4n) is 2.17. The van der Waals surface area contributed by atoms with E-state index < -0.39 is 0 Å². The second kappa shape index (κ2) is 4.65. The summed E-state index contributed by atoms with van der Waals surface area (Å²) < 4.78 is 5.07. The van der Waals surface area contributed by atoms with Gasteiger partial charge < -0.3 is 9.84 Å². The zero-order valence-corrected chi connectivity index (χ0v) is 10.1. The topological polar surface area (TPSA) is 49.8 Å². The Labute approximate surface area is 101 Å². The van der Waals surface area contributed by atoms with Crippen LogP contribution in [0.5, 0.6) is 5.75 Å². The van der Waals surface area contributed by atoms with E-state index in [0.717, 1.165) is 12.0 Å². The molecule has 1 saturated heterocycles. The number of phenols is 1. The molecule has 2 rings (SSSR count). The van der Waals surface area contributed by atoms with Gasteiger partial charge in [-0.25, -0.2) is 4.79 Å². The van der Waals surface area contributed by atoms with E-state index in [2.05, 4.69) is 0 Å². The van der Waals surface area contributed by atoms with Gasteiger partial charge in [-0.2, -0.15) is 0 Å². The molecule has 4 nitrogen and oxygen atoms in total. The highest BCUT2D eigenvalue weighted by Crippen LogP contribution is 2.20. The smallest absolute Gasteiger partial charge is 0.410 e. The van der Waals surface area contributed by atoms with Crippen LogP contribution >= 0.6 is 0 Å². The van der Waals surface area contributed by atoms with Crippen LogP contribution in [0.2, 0.25) is 0 Å². The monoisotopic (exact) mass is 235 g/mol. The van der Waals surface area contributed by atoms with Gasteiger partial charge >= 0.3 is 6.09 Å². The van der Waals surface area contributed by atoms with Crippen molar-refractivity contribution in [1.82, 2.24) is 4.90 Å². The first-order valence-electron chi connectivity index (χ1n) is 5.81. The first-order chi connectivity index (χ1) is 8.08. The van der Waals surface area contributed by atoms with Crippen LogP contribution in [0.15, 0.2) is 24.3 Å². The first kappa shape index (κ1) is 11.8. The maximum absolute atomic E-state index is 11.5. The Kier molecular flexibility index (Phi) is 3.22. The quantitative estimate of drug-likeness (QED) is 0.873. The minimum absolute atomic E-state index is 0.0899. The highest BCUT2D eigenvalue weighted by molar-refractivity contribution is 5.70. The molecule has 1 aliphatic heterocycles. The molecule has 0 saturated carbocycles. The molecule has 1 amide bonds. The summed E-state index contributed by atoms with van der Waals surface area (Å²) in [6, 6.07) is 7.30. The molecule has 0 radical (unpaired) electrons. The van der Waals surface area contributed by atoms with E-state index in [-0.39, 0.29) is 23.9 Å². The number of ether oxygens (including phenoxy) is 1. The van der Waals surface area contributed by atoms with Crippen LogP contribution < -0.4 is 0 Å². The highest BCUT2D eigenvalue weighted by atomic mass is 16.6. The maximum Gasteiger partial charge on any atom is 0.410 e. The van der Waals surface area contributed by atoms with Crippen LogP contribution in [0.25, 0.3) is 0 Å². The van der Waals surface area contributed by atoms with Crippen molar-refractivity contribution in [3.05, 3.63) is 29.8 Å². The number of hydrogen-bond acceptors (Lipinski definition) is 3. The molecule has 1 atom stereocenters. The Morgan fingerprint density at radius 3 is 2.65 bits per heavy atom. The standard InChI is InChI=1S/C13H17NO3/c1-9(2)14-11(8-17-13(14)16)7-10-3-5-12(15)6-4-10/h3-6,9,11,15H,7-8H2,1-2H3. The number of hydrogen-bond donors (Lipinski definition) is 1. The number of cyclic esters (lactones) is 1. The Balaban J connectivity index is 2.08. The molecule has 1 aromatic rings. The summed E-state index contributed by atoms with van der Waals surface area (Å²) in [5, 5.41) is 9.21. The lowest BCUT2D eigenvalue weighted by Crippen LogP contribution is -2.40. The van der Waals surface area contributed by atoms with Crippen LogP contribution in [-0.4, -0.2) is 34.8 Å². The van der Waals surface area contributed by atoms with E-state index in [1.807, 2.05) is 26.0 Å². The average molecular weight is 235 g/mol. The van der Waals surface area contributed by atoms with Crippen molar-refractivity contribution < 1.29 is 14.6 Å². The third-order valence-electron chi connectivity index (χ3n) is 2.97. The number of aromatic hydroxyl groups is 1. The molecule has 1 aromatic carbocycles. The minimum atomic E-state index is -0.233. The fourth-order valence-corrected chi connectivity index (χ4v) is 2.17. The Hall–Kier alpha value is -1.71. The van der Waals surface area contributed by atoms with Crippen molar-refractivity contribution >= 4 is 6.09 Å². The second-order valence-corrected chi connectivity index (χ2v) is 4.60. The zero-order valence-electron chi connectivity index (χ0n) is 10.1. The first-order valence-corrected chi connectivity index (χ1v) is 5.81. The minimum Gasteiger partial charge on any atom is -0.508 e. The summed E-state index contributed by atoms with van der Waals surface area (Å²) in [5.41, 5.74) is 1.09. The Morgan fingerprint density at radius 2 is 2.06 bits per heavy atom. The van der Waals surface area contributed by atoms with Crippen molar-refractivity contribution in [2.24, 2.45) is 0 Å². The third kappa shape index (κ3) is 2.52. The number of phenolic OH excluding ortho intramolecular Hbond substituents is 1. The highest BCUT2D eigenvalue weighted by Gasteiger charge is 2.34. The molecular weight excluding hydrogens is 218 g/mol. The molecule has 1 unspecified atom stereocenters. The predicted molar refractivity (Wildman–Crippen MR) is 63.9 cm³/mol. The molecule has 0 aliphatic carbocycles. The lowest BCUT2D eigenvalue weighted by Gasteiger charge is -2.25. The van der Waals surface area contributed by atoms with Crippen LogP contribution in [0.4, 0.5) is 4.79 Å². The molecule has 1 fully saturated rings. The van der Waals surface area contributed by atoms with Crippen molar-refractivity contribution in [3.8, 4) is 5.75 Å². The van der Waals surface area contributed by atoms with E-state index in [0.29, 0.717) is 6.61 Å². The van der Waals surface area contributed by atoms with Gasteiger partial charge in [-0.15, -0.1) is 0 Å². The van der Waals surface area contributed by atoms with E-state index in [1.54, 1.807) is 17.0 Å². The number of carbonyl (C=O) groups excluding carboxylic acids is 1. The molecule has 0 bridgehead atoms. The SMILES string of the molecule is CC(C)N1C(=O)OCC1Cc1ccc(O)cc1. The lowest BCUT2D eigenvalue weighted by molar-refractivity contribution is 0.149. The number of rotatable bonds is 3. The van der Waals surface area contributed by atoms with Gasteiger partial charge in [0, 0.05) is 6.04 Å². The van der Waals surface area contributed by atoms with Gasteiger partial charge in [0.25, 0.3) is 0 Å². The van der Waals surface area contributed by atoms with Gasteiger partial charge in [-0.05, 0) is 38.0 Å². The van der Waals surface area contributed by atoms with Crippen LogP contribution in [0.1, 0.15) is 19.4 Å².